The van der Waals surface area contributed by atoms with E-state index in [1.165, 1.54) is 16.5 Å². The van der Waals surface area contributed by atoms with Crippen LogP contribution in [0.1, 0.15) is 25.5 Å². The summed E-state index contributed by atoms with van der Waals surface area (Å²) in [7, 11) is 7.33. The minimum atomic E-state index is 0.461. The molecule has 4 heteroatoms. The molecule has 2 aromatic rings. The molecule has 2 aromatic heterocycles. The molecule has 0 saturated heterocycles. The zero-order chi connectivity index (χ0) is 15.8. The average molecular weight is 289 g/mol. The molecule has 0 N–H and O–H groups in total. The van der Waals surface area contributed by atoms with Crippen molar-refractivity contribution in [2.24, 2.45) is 0 Å². The quantitative estimate of drug-likeness (QED) is 0.863. The Hall–Kier alpha value is -1.81. The van der Waals surface area contributed by atoms with Gasteiger partial charge in [0.25, 0.3) is 0 Å². The molecule has 2 heterocycles. The van der Waals surface area contributed by atoms with Gasteiger partial charge in [-0.2, -0.15) is 0 Å². The van der Waals surface area contributed by atoms with Crippen molar-refractivity contribution >= 4 is 10.9 Å². The molecule has 2 rings (SSSR count). The second-order valence-corrected chi connectivity index (χ2v) is 5.51. The van der Waals surface area contributed by atoms with Gasteiger partial charge >= 0.3 is 0 Å². The highest BCUT2D eigenvalue weighted by molar-refractivity contribution is 5.83. The van der Waals surface area contributed by atoms with Gasteiger partial charge in [-0.1, -0.05) is 6.08 Å². The number of methoxy groups -OCH3 is 1. The first-order valence-corrected chi connectivity index (χ1v) is 7.17. The smallest absolute Gasteiger partial charge is 0.0672 e. The second kappa shape index (κ2) is 8.47. The highest BCUT2D eigenvalue weighted by Crippen LogP contribution is 2.24. The SMILES string of the molecule is CC(C)n1cc(C/C=C/N(C)C)c2ccncc21.COC. The lowest BCUT2D eigenvalue weighted by molar-refractivity contribution is 0.277. The van der Waals surface area contributed by atoms with E-state index >= 15 is 0 Å². The maximum Gasteiger partial charge on any atom is 0.0672 e. The molecule has 21 heavy (non-hydrogen) atoms. The van der Waals surface area contributed by atoms with E-state index in [4.69, 9.17) is 0 Å². The summed E-state index contributed by atoms with van der Waals surface area (Å²) in [6.45, 7) is 4.40. The van der Waals surface area contributed by atoms with Gasteiger partial charge in [0.2, 0.25) is 0 Å². The Kier molecular flexibility index (Phi) is 6.96. The monoisotopic (exact) mass is 289 g/mol. The lowest BCUT2D eigenvalue weighted by Crippen LogP contribution is -2.00. The summed E-state index contributed by atoms with van der Waals surface area (Å²) < 4.78 is 6.54. The Bertz CT molecular complexity index is 570. The molecule has 0 spiro atoms. The second-order valence-electron chi connectivity index (χ2n) is 5.51. The molecule has 0 fully saturated rings. The predicted octanol–water partition coefficient (Wildman–Crippen LogP) is 3.50. The van der Waals surface area contributed by atoms with E-state index < -0.39 is 0 Å². The van der Waals surface area contributed by atoms with E-state index in [0.29, 0.717) is 6.04 Å². The summed E-state index contributed by atoms with van der Waals surface area (Å²) in [6.07, 6.45) is 11.3. The van der Waals surface area contributed by atoms with Crippen molar-refractivity contribution in [3.8, 4) is 0 Å². The summed E-state index contributed by atoms with van der Waals surface area (Å²) in [4.78, 5) is 6.29. The normalized spacial score (nSPS) is 11.0. The van der Waals surface area contributed by atoms with Gasteiger partial charge in [-0.3, -0.25) is 4.98 Å². The average Bonchev–Trinajstić information content (AvgIpc) is 2.79. The molecule has 0 atom stereocenters. The van der Waals surface area contributed by atoms with Crippen LogP contribution in [0.25, 0.3) is 10.9 Å². The van der Waals surface area contributed by atoms with Crippen LogP contribution in [-0.2, 0) is 11.2 Å². The van der Waals surface area contributed by atoms with Crippen LogP contribution in [0.4, 0.5) is 0 Å². The molecule has 0 amide bonds. The van der Waals surface area contributed by atoms with Gasteiger partial charge in [0.05, 0.1) is 11.7 Å². The molecule has 116 valence electrons. The summed E-state index contributed by atoms with van der Waals surface area (Å²) in [5.41, 5.74) is 2.58. The van der Waals surface area contributed by atoms with E-state index in [-0.39, 0.29) is 0 Å². The number of allylic oxidation sites excluding steroid dienone is 1. The number of hydrogen-bond acceptors (Lipinski definition) is 3. The highest BCUT2D eigenvalue weighted by Gasteiger charge is 2.09. The number of fused-ring (bicyclic) bond motifs is 1. The summed E-state index contributed by atoms with van der Waals surface area (Å²) in [5.74, 6) is 0. The third-order valence-corrected chi connectivity index (χ3v) is 3.02. The molecule has 0 unspecified atom stereocenters. The van der Waals surface area contributed by atoms with Crippen molar-refractivity contribution in [1.29, 1.82) is 0 Å². The topological polar surface area (TPSA) is 30.3 Å². The zero-order valence-electron chi connectivity index (χ0n) is 14.0. The molecule has 0 radical (unpaired) electrons. The van der Waals surface area contributed by atoms with Crippen LogP contribution >= 0.6 is 0 Å². The van der Waals surface area contributed by atoms with Gasteiger partial charge in [-0.15, -0.1) is 0 Å². The van der Waals surface area contributed by atoms with E-state index in [2.05, 4.69) is 57.6 Å². The Morgan fingerprint density at radius 3 is 2.57 bits per heavy atom. The standard InChI is InChI=1S/C15H21N3.C2H6O/c1-12(2)18-11-13(6-5-9-17(3)4)14-7-8-16-10-15(14)18;1-3-2/h5,7-12H,6H2,1-4H3;1-2H3/b9-5+;. The van der Waals surface area contributed by atoms with Gasteiger partial charge in [0.1, 0.15) is 0 Å². The van der Waals surface area contributed by atoms with Gasteiger partial charge < -0.3 is 14.2 Å². The Labute approximate surface area is 128 Å². The summed E-state index contributed by atoms with van der Waals surface area (Å²) in [5, 5.41) is 1.31. The van der Waals surface area contributed by atoms with Crippen molar-refractivity contribution in [2.45, 2.75) is 26.3 Å². The fourth-order valence-corrected chi connectivity index (χ4v) is 2.15. The maximum absolute atomic E-state index is 4.25. The van der Waals surface area contributed by atoms with Crippen LogP contribution in [0.15, 0.2) is 36.9 Å². The minimum absolute atomic E-state index is 0.461. The van der Waals surface area contributed by atoms with Gasteiger partial charge in [-0.05, 0) is 38.1 Å². The van der Waals surface area contributed by atoms with Crippen molar-refractivity contribution in [1.82, 2.24) is 14.5 Å². The third kappa shape index (κ3) is 4.90. The molecule has 0 saturated carbocycles. The lowest BCUT2D eigenvalue weighted by atomic mass is 10.1. The number of hydrogen-bond donors (Lipinski definition) is 0. The number of aromatic nitrogens is 2. The van der Waals surface area contributed by atoms with Crippen molar-refractivity contribution in [2.75, 3.05) is 28.3 Å². The molecule has 0 aliphatic heterocycles. The number of pyridine rings is 1. The van der Waals surface area contributed by atoms with E-state index in [1.54, 1.807) is 14.2 Å². The Morgan fingerprint density at radius 2 is 2.00 bits per heavy atom. The highest BCUT2D eigenvalue weighted by atomic mass is 16.4. The molecule has 0 aliphatic carbocycles. The van der Waals surface area contributed by atoms with E-state index in [1.807, 2.05) is 26.5 Å². The molecule has 0 bridgehead atoms. The van der Waals surface area contributed by atoms with Crippen LogP contribution in [0.2, 0.25) is 0 Å². The largest absolute Gasteiger partial charge is 0.388 e. The van der Waals surface area contributed by atoms with Gasteiger partial charge in [0.15, 0.2) is 0 Å². The zero-order valence-corrected chi connectivity index (χ0v) is 14.0. The molecule has 0 aromatic carbocycles. The molecular weight excluding hydrogens is 262 g/mol. The Balaban J connectivity index is 0.000000677. The number of nitrogens with zero attached hydrogens (tertiary/aromatic N) is 3. The first-order valence-electron chi connectivity index (χ1n) is 7.17. The van der Waals surface area contributed by atoms with Gasteiger partial charge in [-0.25, -0.2) is 0 Å². The summed E-state index contributed by atoms with van der Waals surface area (Å²) in [6, 6.07) is 2.57. The number of rotatable bonds is 4. The van der Waals surface area contributed by atoms with Crippen LogP contribution in [-0.4, -0.2) is 42.8 Å². The minimum Gasteiger partial charge on any atom is -0.388 e. The fraction of sp³-hybridized carbons (Fsp3) is 0.471. The van der Waals surface area contributed by atoms with E-state index in [0.717, 1.165) is 6.42 Å². The first kappa shape index (κ1) is 17.2. The fourth-order valence-electron chi connectivity index (χ4n) is 2.15. The van der Waals surface area contributed by atoms with Crippen molar-refractivity contribution in [3.63, 3.8) is 0 Å². The van der Waals surface area contributed by atoms with Crippen LogP contribution in [0.5, 0.6) is 0 Å². The summed E-state index contributed by atoms with van der Waals surface area (Å²) >= 11 is 0. The van der Waals surface area contributed by atoms with Crippen molar-refractivity contribution in [3.05, 3.63) is 42.5 Å². The van der Waals surface area contributed by atoms with Crippen LogP contribution < -0.4 is 0 Å². The molecule has 4 nitrogen and oxygen atoms in total. The first-order chi connectivity index (χ1) is 10.0. The van der Waals surface area contributed by atoms with Crippen LogP contribution in [0.3, 0.4) is 0 Å². The van der Waals surface area contributed by atoms with Gasteiger partial charge in [0, 0.05) is 52.1 Å². The molecular formula is C17H27N3O. The molecule has 0 aliphatic rings. The maximum atomic E-state index is 4.25. The third-order valence-electron chi connectivity index (χ3n) is 3.02. The lowest BCUT2D eigenvalue weighted by Gasteiger charge is -2.07. The van der Waals surface area contributed by atoms with E-state index in [9.17, 15) is 0 Å². The van der Waals surface area contributed by atoms with Crippen LogP contribution in [0, 0.1) is 0 Å². The Morgan fingerprint density at radius 1 is 1.33 bits per heavy atom. The van der Waals surface area contributed by atoms with Crippen molar-refractivity contribution < 1.29 is 4.74 Å². The predicted molar refractivity (Wildman–Crippen MR) is 89.6 cm³/mol. The number of ether oxygens (including phenoxy) is 1.